The van der Waals surface area contributed by atoms with Gasteiger partial charge in [-0.25, -0.2) is 4.99 Å². The average Bonchev–Trinajstić information content (AvgIpc) is 2.61. The predicted molar refractivity (Wildman–Crippen MR) is 98.0 cm³/mol. The van der Waals surface area contributed by atoms with Crippen molar-refractivity contribution >= 4 is 17.6 Å². The van der Waals surface area contributed by atoms with Crippen molar-refractivity contribution in [1.29, 1.82) is 0 Å². The summed E-state index contributed by atoms with van der Waals surface area (Å²) in [6.07, 6.45) is 11.7. The smallest absolute Gasteiger partial charge is 0.246 e. The summed E-state index contributed by atoms with van der Waals surface area (Å²) in [6, 6.07) is 3.58. The molecule has 3 N–H and O–H groups in total. The monoisotopic (exact) mass is 329 g/mol. The molecule has 6 heteroatoms. The maximum Gasteiger partial charge on any atom is 0.246 e. The van der Waals surface area contributed by atoms with Crippen LogP contribution in [0, 0.1) is 0 Å². The van der Waals surface area contributed by atoms with Gasteiger partial charge in [0.2, 0.25) is 5.91 Å². The zero-order chi connectivity index (χ0) is 17.0. The molecule has 0 saturated heterocycles. The van der Waals surface area contributed by atoms with E-state index in [2.05, 4.69) is 32.0 Å². The minimum absolute atomic E-state index is 0.0763. The average molecular weight is 329 g/mol. The highest BCUT2D eigenvalue weighted by Gasteiger charge is 2.05. The number of anilines is 1. The van der Waals surface area contributed by atoms with Crippen LogP contribution in [0.3, 0.4) is 0 Å². The molecule has 24 heavy (non-hydrogen) atoms. The SMILES string of the molecule is CCNC(=NCC(=O)Nc1cccnc1)NCCC1=CCCCC1. The molecule has 0 radical (unpaired) electrons. The van der Waals surface area contributed by atoms with Gasteiger partial charge in [-0.3, -0.25) is 9.78 Å². The van der Waals surface area contributed by atoms with E-state index in [-0.39, 0.29) is 12.5 Å². The lowest BCUT2D eigenvalue weighted by molar-refractivity contribution is -0.114. The molecule has 0 atom stereocenters. The molecule has 1 aliphatic carbocycles. The molecule has 0 unspecified atom stereocenters. The second-order valence-corrected chi connectivity index (χ2v) is 5.77. The predicted octanol–water partition coefficient (Wildman–Crippen LogP) is 2.47. The number of hydrogen-bond donors (Lipinski definition) is 3. The lowest BCUT2D eigenvalue weighted by Gasteiger charge is -2.15. The first-order chi connectivity index (χ1) is 11.8. The standard InChI is InChI=1S/C18H27N5O/c1-2-20-18(21-12-10-15-7-4-3-5-8-15)22-14-17(24)23-16-9-6-11-19-13-16/h6-7,9,11,13H,2-5,8,10,12,14H2,1H3,(H,23,24)(H2,20,21,22). The minimum Gasteiger partial charge on any atom is -0.357 e. The van der Waals surface area contributed by atoms with Gasteiger partial charge in [0.15, 0.2) is 5.96 Å². The fourth-order valence-corrected chi connectivity index (χ4v) is 2.60. The number of aliphatic imine (C=N–C) groups is 1. The van der Waals surface area contributed by atoms with Crippen molar-refractivity contribution in [3.63, 3.8) is 0 Å². The molecule has 1 aromatic heterocycles. The number of nitrogens with zero attached hydrogens (tertiary/aromatic N) is 2. The summed E-state index contributed by atoms with van der Waals surface area (Å²) in [7, 11) is 0. The van der Waals surface area contributed by atoms with Crippen LogP contribution in [0.25, 0.3) is 0 Å². The van der Waals surface area contributed by atoms with E-state index in [9.17, 15) is 4.79 Å². The van der Waals surface area contributed by atoms with Gasteiger partial charge in [-0.05, 0) is 51.2 Å². The third-order valence-corrected chi connectivity index (χ3v) is 3.79. The van der Waals surface area contributed by atoms with Gasteiger partial charge in [0.25, 0.3) is 0 Å². The van der Waals surface area contributed by atoms with Gasteiger partial charge in [0.05, 0.1) is 11.9 Å². The van der Waals surface area contributed by atoms with Crippen LogP contribution in [-0.2, 0) is 4.79 Å². The molecule has 0 aliphatic heterocycles. The lowest BCUT2D eigenvalue weighted by atomic mass is 9.97. The molecule has 0 fully saturated rings. The van der Waals surface area contributed by atoms with Gasteiger partial charge in [-0.2, -0.15) is 0 Å². The van der Waals surface area contributed by atoms with Crippen molar-refractivity contribution < 1.29 is 4.79 Å². The number of allylic oxidation sites excluding steroid dienone is 1. The van der Waals surface area contributed by atoms with E-state index in [1.54, 1.807) is 24.5 Å². The Morgan fingerprint density at radius 1 is 1.33 bits per heavy atom. The quantitative estimate of drug-likeness (QED) is 0.408. The Bertz CT molecular complexity index is 568. The summed E-state index contributed by atoms with van der Waals surface area (Å²) in [5.74, 6) is 0.519. The van der Waals surface area contributed by atoms with Gasteiger partial charge in [0, 0.05) is 19.3 Å². The fourth-order valence-electron chi connectivity index (χ4n) is 2.60. The molecule has 1 aliphatic rings. The Morgan fingerprint density at radius 3 is 2.96 bits per heavy atom. The van der Waals surface area contributed by atoms with E-state index in [0.29, 0.717) is 11.6 Å². The highest BCUT2D eigenvalue weighted by Crippen LogP contribution is 2.19. The third kappa shape index (κ3) is 6.81. The molecule has 0 spiro atoms. The molecule has 1 amide bonds. The zero-order valence-electron chi connectivity index (χ0n) is 14.3. The Kier molecular flexibility index (Phi) is 7.80. The number of pyridine rings is 1. The largest absolute Gasteiger partial charge is 0.357 e. The summed E-state index contributed by atoms with van der Waals surface area (Å²) < 4.78 is 0. The second-order valence-electron chi connectivity index (χ2n) is 5.77. The third-order valence-electron chi connectivity index (χ3n) is 3.79. The molecule has 0 aromatic carbocycles. The lowest BCUT2D eigenvalue weighted by Crippen LogP contribution is -2.38. The van der Waals surface area contributed by atoms with Crippen molar-refractivity contribution in [2.24, 2.45) is 4.99 Å². The van der Waals surface area contributed by atoms with Crippen molar-refractivity contribution in [3.05, 3.63) is 36.2 Å². The summed E-state index contributed by atoms with van der Waals surface area (Å²) >= 11 is 0. The van der Waals surface area contributed by atoms with E-state index in [1.807, 2.05) is 6.92 Å². The van der Waals surface area contributed by atoms with E-state index in [0.717, 1.165) is 19.5 Å². The highest BCUT2D eigenvalue weighted by atomic mass is 16.1. The van der Waals surface area contributed by atoms with Gasteiger partial charge in [-0.15, -0.1) is 0 Å². The molecule has 0 saturated carbocycles. The maximum absolute atomic E-state index is 11.9. The molecule has 1 heterocycles. The molecule has 6 nitrogen and oxygen atoms in total. The second kappa shape index (κ2) is 10.4. The van der Waals surface area contributed by atoms with Gasteiger partial charge < -0.3 is 16.0 Å². The number of rotatable bonds is 7. The topological polar surface area (TPSA) is 78.4 Å². The van der Waals surface area contributed by atoms with Gasteiger partial charge >= 0.3 is 0 Å². The van der Waals surface area contributed by atoms with Crippen molar-refractivity contribution in [2.75, 3.05) is 25.0 Å². The fraction of sp³-hybridized carbons (Fsp3) is 0.500. The van der Waals surface area contributed by atoms with Crippen LogP contribution in [0.15, 0.2) is 41.2 Å². The molecule has 2 rings (SSSR count). The summed E-state index contributed by atoms with van der Waals surface area (Å²) in [6.45, 7) is 3.68. The normalized spacial score (nSPS) is 14.7. The maximum atomic E-state index is 11.9. The van der Waals surface area contributed by atoms with E-state index in [1.165, 1.54) is 31.3 Å². The molecule has 0 bridgehead atoms. The zero-order valence-corrected chi connectivity index (χ0v) is 14.3. The summed E-state index contributed by atoms with van der Waals surface area (Å²) in [5, 5.41) is 9.23. The number of carbonyl (C=O) groups excluding carboxylic acids is 1. The number of carbonyl (C=O) groups is 1. The van der Waals surface area contributed by atoms with Crippen LogP contribution < -0.4 is 16.0 Å². The van der Waals surface area contributed by atoms with Crippen LogP contribution >= 0.6 is 0 Å². The number of amides is 1. The first-order valence-corrected chi connectivity index (χ1v) is 8.68. The minimum atomic E-state index is -0.157. The van der Waals surface area contributed by atoms with Crippen molar-refractivity contribution in [1.82, 2.24) is 15.6 Å². The molecule has 130 valence electrons. The van der Waals surface area contributed by atoms with Crippen LogP contribution in [0.2, 0.25) is 0 Å². The number of nitrogens with one attached hydrogen (secondary N) is 3. The van der Waals surface area contributed by atoms with E-state index in [4.69, 9.17) is 0 Å². The number of hydrogen-bond acceptors (Lipinski definition) is 3. The van der Waals surface area contributed by atoms with Crippen molar-refractivity contribution in [3.8, 4) is 0 Å². The van der Waals surface area contributed by atoms with E-state index < -0.39 is 0 Å². The number of guanidine groups is 1. The van der Waals surface area contributed by atoms with Gasteiger partial charge in [-0.1, -0.05) is 11.6 Å². The van der Waals surface area contributed by atoms with Crippen LogP contribution in [0.5, 0.6) is 0 Å². The van der Waals surface area contributed by atoms with Crippen LogP contribution in [0.4, 0.5) is 5.69 Å². The Balaban J connectivity index is 1.76. The Labute approximate surface area is 143 Å². The highest BCUT2D eigenvalue weighted by molar-refractivity contribution is 5.93. The van der Waals surface area contributed by atoms with Crippen LogP contribution in [-0.4, -0.2) is 36.5 Å². The Hall–Kier alpha value is -2.37. The summed E-state index contributed by atoms with van der Waals surface area (Å²) in [4.78, 5) is 20.2. The van der Waals surface area contributed by atoms with Gasteiger partial charge in [0.1, 0.15) is 6.54 Å². The van der Waals surface area contributed by atoms with Crippen LogP contribution in [0.1, 0.15) is 39.0 Å². The Morgan fingerprint density at radius 2 is 2.25 bits per heavy atom. The molecule has 1 aromatic rings. The summed E-state index contributed by atoms with van der Waals surface area (Å²) in [5.41, 5.74) is 2.21. The number of aromatic nitrogens is 1. The first kappa shape index (κ1) is 18.0. The first-order valence-electron chi connectivity index (χ1n) is 8.68. The van der Waals surface area contributed by atoms with E-state index >= 15 is 0 Å². The molecular weight excluding hydrogens is 302 g/mol. The van der Waals surface area contributed by atoms with Crippen molar-refractivity contribution in [2.45, 2.75) is 39.0 Å². The molecular formula is C18H27N5O.